The molecular formula is C18H20OS. The van der Waals surface area contributed by atoms with Crippen LogP contribution >= 0.6 is 11.8 Å². The Morgan fingerprint density at radius 1 is 1.20 bits per heavy atom. The minimum atomic E-state index is 0.233. The predicted molar refractivity (Wildman–Crippen MR) is 85.4 cm³/mol. The number of fused-ring (bicyclic) bond motifs is 1. The molecule has 0 amide bonds. The number of aliphatic hydroxyl groups excluding tert-OH is 1. The maximum absolute atomic E-state index is 9.74. The quantitative estimate of drug-likeness (QED) is 0.909. The Balaban J connectivity index is 1.71. The van der Waals surface area contributed by atoms with Crippen molar-refractivity contribution in [1.82, 2.24) is 0 Å². The Morgan fingerprint density at radius 3 is 2.80 bits per heavy atom. The Bertz CT molecular complexity index is 568. The molecule has 2 atom stereocenters. The van der Waals surface area contributed by atoms with Crippen molar-refractivity contribution in [1.29, 1.82) is 0 Å². The monoisotopic (exact) mass is 284 g/mol. The van der Waals surface area contributed by atoms with Crippen molar-refractivity contribution in [3.63, 3.8) is 0 Å². The summed E-state index contributed by atoms with van der Waals surface area (Å²) in [7, 11) is 0. The van der Waals surface area contributed by atoms with Gasteiger partial charge in [-0.15, -0.1) is 11.8 Å². The van der Waals surface area contributed by atoms with Crippen LogP contribution in [0.15, 0.2) is 53.4 Å². The number of thioether (sulfide) groups is 1. The van der Waals surface area contributed by atoms with E-state index in [4.69, 9.17) is 0 Å². The molecular weight excluding hydrogens is 264 g/mol. The largest absolute Gasteiger partial charge is 0.396 e. The molecule has 1 aliphatic heterocycles. The Hall–Kier alpha value is -1.25. The van der Waals surface area contributed by atoms with E-state index in [1.54, 1.807) is 0 Å². The lowest BCUT2D eigenvalue weighted by Gasteiger charge is -2.18. The molecule has 1 heterocycles. The third-order valence-electron chi connectivity index (χ3n) is 4.00. The van der Waals surface area contributed by atoms with Crippen molar-refractivity contribution < 1.29 is 5.11 Å². The van der Waals surface area contributed by atoms with Gasteiger partial charge in [-0.2, -0.15) is 0 Å². The topological polar surface area (TPSA) is 20.2 Å². The van der Waals surface area contributed by atoms with Crippen LogP contribution in [-0.4, -0.2) is 17.0 Å². The molecule has 0 bridgehead atoms. The Kier molecular flexibility index (Phi) is 4.13. The molecule has 104 valence electrons. The van der Waals surface area contributed by atoms with Crippen LogP contribution in [0.4, 0.5) is 0 Å². The van der Waals surface area contributed by atoms with E-state index in [0.717, 1.165) is 12.8 Å². The first-order valence-corrected chi connectivity index (χ1v) is 8.06. The second kappa shape index (κ2) is 6.02. The fourth-order valence-electron chi connectivity index (χ4n) is 2.94. The van der Waals surface area contributed by atoms with Gasteiger partial charge in [-0.1, -0.05) is 48.0 Å². The maximum atomic E-state index is 9.74. The highest BCUT2D eigenvalue weighted by molar-refractivity contribution is 8.00. The molecule has 0 spiro atoms. The minimum Gasteiger partial charge on any atom is -0.396 e. The van der Waals surface area contributed by atoms with Crippen molar-refractivity contribution >= 4 is 11.8 Å². The summed E-state index contributed by atoms with van der Waals surface area (Å²) in [6.45, 7) is 2.34. The third-order valence-corrected chi connectivity index (χ3v) is 5.34. The summed E-state index contributed by atoms with van der Waals surface area (Å²) in [5, 5.41) is 10.3. The van der Waals surface area contributed by atoms with E-state index >= 15 is 0 Å². The van der Waals surface area contributed by atoms with Crippen LogP contribution in [0, 0.1) is 6.92 Å². The molecule has 0 aliphatic carbocycles. The van der Waals surface area contributed by atoms with Gasteiger partial charge in [0.2, 0.25) is 0 Å². The lowest BCUT2D eigenvalue weighted by Crippen LogP contribution is -2.12. The van der Waals surface area contributed by atoms with Gasteiger partial charge in [0.15, 0.2) is 0 Å². The molecule has 0 radical (unpaired) electrons. The zero-order valence-electron chi connectivity index (χ0n) is 11.8. The van der Waals surface area contributed by atoms with Gasteiger partial charge in [0.1, 0.15) is 0 Å². The summed E-state index contributed by atoms with van der Waals surface area (Å²) >= 11 is 1.97. The zero-order valence-corrected chi connectivity index (χ0v) is 12.6. The first kappa shape index (κ1) is 13.7. The number of aliphatic hydroxyl groups is 1. The van der Waals surface area contributed by atoms with Gasteiger partial charge >= 0.3 is 0 Å². The van der Waals surface area contributed by atoms with Gasteiger partial charge < -0.3 is 5.11 Å². The number of aryl methyl sites for hydroxylation is 1. The predicted octanol–water partition coefficient (Wildman–Crippen LogP) is 4.18. The fourth-order valence-corrected chi connectivity index (χ4v) is 4.35. The molecule has 2 unspecified atom stereocenters. The number of benzene rings is 2. The van der Waals surface area contributed by atoms with Crippen LogP contribution in [0.2, 0.25) is 0 Å². The average Bonchev–Trinajstić information content (AvgIpc) is 2.87. The molecule has 20 heavy (non-hydrogen) atoms. The molecule has 3 rings (SSSR count). The second-order valence-corrected chi connectivity index (χ2v) is 6.92. The summed E-state index contributed by atoms with van der Waals surface area (Å²) in [6.07, 6.45) is 2.17. The van der Waals surface area contributed by atoms with Crippen LogP contribution in [0.5, 0.6) is 0 Å². The first-order valence-electron chi connectivity index (χ1n) is 7.18. The summed E-state index contributed by atoms with van der Waals surface area (Å²) in [5.41, 5.74) is 4.00. The SMILES string of the molecule is Cc1cccc(C(CO)CC2Cc3ccccc3S2)c1. The van der Waals surface area contributed by atoms with Crippen LogP contribution in [0.3, 0.4) is 0 Å². The lowest BCUT2D eigenvalue weighted by molar-refractivity contribution is 0.258. The molecule has 1 aliphatic rings. The molecule has 1 N–H and O–H groups in total. The van der Waals surface area contributed by atoms with Crippen molar-refractivity contribution in [2.24, 2.45) is 0 Å². The highest BCUT2D eigenvalue weighted by Crippen LogP contribution is 2.41. The van der Waals surface area contributed by atoms with Gasteiger partial charge in [-0.3, -0.25) is 0 Å². The maximum Gasteiger partial charge on any atom is 0.0500 e. The van der Waals surface area contributed by atoms with E-state index in [0.29, 0.717) is 5.25 Å². The minimum absolute atomic E-state index is 0.233. The highest BCUT2D eigenvalue weighted by atomic mass is 32.2. The molecule has 0 saturated heterocycles. The molecule has 2 aromatic rings. The van der Waals surface area contributed by atoms with E-state index in [1.807, 2.05) is 11.8 Å². The molecule has 2 heteroatoms. The van der Waals surface area contributed by atoms with E-state index < -0.39 is 0 Å². The standard InChI is InChI=1S/C18H20OS/c1-13-5-4-7-14(9-13)16(12-19)11-17-10-15-6-2-3-8-18(15)20-17/h2-9,16-17,19H,10-12H2,1H3. The molecule has 1 nitrogen and oxygen atoms in total. The van der Waals surface area contributed by atoms with Gasteiger partial charge in [0.25, 0.3) is 0 Å². The summed E-state index contributed by atoms with van der Waals surface area (Å²) in [6, 6.07) is 17.2. The highest BCUT2D eigenvalue weighted by Gasteiger charge is 2.25. The number of rotatable bonds is 4. The van der Waals surface area contributed by atoms with Crippen molar-refractivity contribution in [3.8, 4) is 0 Å². The average molecular weight is 284 g/mol. The first-order chi connectivity index (χ1) is 9.76. The van der Waals surface area contributed by atoms with Crippen molar-refractivity contribution in [3.05, 3.63) is 65.2 Å². The normalized spacial score (nSPS) is 18.8. The number of hydrogen-bond donors (Lipinski definition) is 1. The number of hydrogen-bond acceptors (Lipinski definition) is 2. The van der Waals surface area contributed by atoms with Crippen LogP contribution in [0.25, 0.3) is 0 Å². The van der Waals surface area contributed by atoms with Crippen molar-refractivity contribution in [2.75, 3.05) is 6.61 Å². The molecule has 0 aromatic heterocycles. The van der Waals surface area contributed by atoms with Gasteiger partial charge in [-0.25, -0.2) is 0 Å². The van der Waals surface area contributed by atoms with E-state index in [9.17, 15) is 5.11 Å². The van der Waals surface area contributed by atoms with E-state index in [2.05, 4.69) is 55.5 Å². The van der Waals surface area contributed by atoms with Gasteiger partial charge in [-0.05, 0) is 37.0 Å². The van der Waals surface area contributed by atoms with Crippen LogP contribution < -0.4 is 0 Å². The lowest BCUT2D eigenvalue weighted by atomic mass is 9.92. The molecule has 0 saturated carbocycles. The second-order valence-electron chi connectivity index (χ2n) is 5.58. The van der Waals surface area contributed by atoms with E-state index in [1.165, 1.54) is 21.6 Å². The van der Waals surface area contributed by atoms with Gasteiger partial charge in [0, 0.05) is 22.7 Å². The summed E-state index contributed by atoms with van der Waals surface area (Å²) in [4.78, 5) is 1.42. The van der Waals surface area contributed by atoms with Crippen LogP contribution in [0.1, 0.15) is 29.0 Å². The third kappa shape index (κ3) is 2.92. The molecule has 0 fully saturated rings. The van der Waals surface area contributed by atoms with E-state index in [-0.39, 0.29) is 12.5 Å². The summed E-state index contributed by atoms with van der Waals surface area (Å²) in [5.74, 6) is 0.252. The van der Waals surface area contributed by atoms with Gasteiger partial charge in [0.05, 0.1) is 0 Å². The van der Waals surface area contributed by atoms with Crippen molar-refractivity contribution in [2.45, 2.75) is 35.8 Å². The smallest absolute Gasteiger partial charge is 0.0500 e. The van der Waals surface area contributed by atoms with Crippen LogP contribution in [-0.2, 0) is 6.42 Å². The summed E-state index contributed by atoms with van der Waals surface area (Å²) < 4.78 is 0. The Morgan fingerprint density at radius 2 is 2.05 bits per heavy atom. The zero-order chi connectivity index (χ0) is 13.9. The fraction of sp³-hybridized carbons (Fsp3) is 0.333. The Labute approximate surface area is 125 Å². The molecule has 2 aromatic carbocycles.